The number of carbonyl (C=O) groups is 2. The molecule has 0 radical (unpaired) electrons. The van der Waals surface area contributed by atoms with Crippen molar-refractivity contribution in [1.82, 2.24) is 14.8 Å². The molecule has 138 valence electrons. The first-order chi connectivity index (χ1) is 12.6. The monoisotopic (exact) mass is 389 g/mol. The largest absolute Gasteiger partial charge is 0.342 e. The average molecular weight is 390 g/mol. The Hall–Kier alpha value is -1.73. The number of amides is 2. The molecule has 0 unspecified atom stereocenters. The van der Waals surface area contributed by atoms with E-state index in [1.165, 1.54) is 11.3 Å². The zero-order valence-corrected chi connectivity index (χ0v) is 16.6. The number of likely N-dealkylation sites (tertiary alicyclic amines) is 2. The fourth-order valence-corrected chi connectivity index (χ4v) is 5.52. The third-order valence-electron chi connectivity index (χ3n) is 5.31. The molecule has 2 saturated heterocycles. The first-order valence-electron chi connectivity index (χ1n) is 9.21. The summed E-state index contributed by atoms with van der Waals surface area (Å²) in [7, 11) is 0. The van der Waals surface area contributed by atoms with Crippen LogP contribution in [-0.4, -0.2) is 52.8 Å². The molecule has 5 nitrogen and oxygen atoms in total. The Kier molecular flexibility index (Phi) is 5.09. The van der Waals surface area contributed by atoms with E-state index in [1.54, 1.807) is 11.3 Å². The molecule has 2 aromatic rings. The van der Waals surface area contributed by atoms with Crippen molar-refractivity contribution in [2.24, 2.45) is 5.92 Å². The Balaban J connectivity index is 1.40. The first kappa shape index (κ1) is 17.7. The van der Waals surface area contributed by atoms with Crippen LogP contribution in [0.4, 0.5) is 0 Å². The molecule has 0 saturated carbocycles. The molecule has 0 aromatic carbocycles. The van der Waals surface area contributed by atoms with Crippen molar-refractivity contribution in [2.45, 2.75) is 32.6 Å². The second kappa shape index (κ2) is 7.48. The average Bonchev–Trinajstić information content (AvgIpc) is 3.41. The summed E-state index contributed by atoms with van der Waals surface area (Å²) in [5.41, 5.74) is 1.88. The minimum Gasteiger partial charge on any atom is -0.342 e. The number of rotatable bonds is 3. The number of nitrogens with zero attached hydrogens (tertiary/aromatic N) is 3. The predicted octanol–water partition coefficient (Wildman–Crippen LogP) is 3.65. The van der Waals surface area contributed by atoms with Gasteiger partial charge in [0.25, 0.3) is 5.91 Å². The van der Waals surface area contributed by atoms with E-state index in [4.69, 9.17) is 0 Å². The second-order valence-electron chi connectivity index (χ2n) is 7.04. The highest BCUT2D eigenvalue weighted by Crippen LogP contribution is 2.31. The predicted molar refractivity (Wildman–Crippen MR) is 105 cm³/mol. The Labute approximate surface area is 161 Å². The van der Waals surface area contributed by atoms with Crippen molar-refractivity contribution in [1.29, 1.82) is 0 Å². The van der Waals surface area contributed by atoms with Crippen LogP contribution >= 0.6 is 22.7 Å². The lowest BCUT2D eigenvalue weighted by atomic mass is 9.95. The third kappa shape index (κ3) is 3.42. The van der Waals surface area contributed by atoms with Gasteiger partial charge in [-0.25, -0.2) is 4.98 Å². The molecule has 7 heteroatoms. The molecule has 2 fully saturated rings. The van der Waals surface area contributed by atoms with Crippen molar-refractivity contribution >= 4 is 34.5 Å². The van der Waals surface area contributed by atoms with Gasteiger partial charge in [-0.2, -0.15) is 11.3 Å². The number of piperidine rings is 1. The molecule has 0 atom stereocenters. The van der Waals surface area contributed by atoms with Crippen molar-refractivity contribution in [2.75, 3.05) is 26.2 Å². The van der Waals surface area contributed by atoms with Crippen LogP contribution in [0.15, 0.2) is 16.8 Å². The summed E-state index contributed by atoms with van der Waals surface area (Å²) in [6.45, 7) is 5.04. The Morgan fingerprint density at radius 1 is 1.12 bits per heavy atom. The summed E-state index contributed by atoms with van der Waals surface area (Å²) in [6, 6.07) is 2.03. The van der Waals surface area contributed by atoms with Crippen LogP contribution in [0.3, 0.4) is 0 Å². The topological polar surface area (TPSA) is 53.5 Å². The highest BCUT2D eigenvalue weighted by Gasteiger charge is 2.32. The Morgan fingerprint density at radius 2 is 1.85 bits per heavy atom. The summed E-state index contributed by atoms with van der Waals surface area (Å²) in [4.78, 5) is 34.7. The smallest absolute Gasteiger partial charge is 0.265 e. The summed E-state index contributed by atoms with van der Waals surface area (Å²) >= 11 is 3.11. The highest BCUT2D eigenvalue weighted by atomic mass is 32.1. The van der Waals surface area contributed by atoms with E-state index in [1.807, 2.05) is 28.2 Å². The summed E-state index contributed by atoms with van der Waals surface area (Å²) in [5, 5.41) is 4.99. The molecule has 2 aromatic heterocycles. The van der Waals surface area contributed by atoms with Gasteiger partial charge in [-0.15, -0.1) is 11.3 Å². The van der Waals surface area contributed by atoms with Crippen LogP contribution in [0.2, 0.25) is 0 Å². The van der Waals surface area contributed by atoms with Gasteiger partial charge < -0.3 is 9.80 Å². The standard InChI is InChI=1S/C19H23N3O2S2/c1-13-16(26-17(20-13)15-6-11-25-12-15)19(24)22-9-4-14(5-10-22)18(23)21-7-2-3-8-21/h6,11-12,14H,2-5,7-10H2,1H3. The van der Waals surface area contributed by atoms with Gasteiger partial charge in [0.1, 0.15) is 9.88 Å². The Bertz CT molecular complexity index is 786. The number of thiazole rings is 1. The molecule has 0 N–H and O–H groups in total. The molecule has 0 aliphatic carbocycles. The Morgan fingerprint density at radius 3 is 2.50 bits per heavy atom. The zero-order chi connectivity index (χ0) is 18.1. The molecular formula is C19H23N3O2S2. The summed E-state index contributed by atoms with van der Waals surface area (Å²) < 4.78 is 0. The number of thiophene rings is 1. The molecule has 0 spiro atoms. The van der Waals surface area contributed by atoms with Crippen LogP contribution < -0.4 is 0 Å². The van der Waals surface area contributed by atoms with Gasteiger partial charge in [-0.05, 0) is 44.1 Å². The van der Waals surface area contributed by atoms with Gasteiger partial charge >= 0.3 is 0 Å². The number of aromatic nitrogens is 1. The van der Waals surface area contributed by atoms with Gasteiger partial charge in [0.05, 0.1) is 5.69 Å². The van der Waals surface area contributed by atoms with Crippen LogP contribution in [-0.2, 0) is 4.79 Å². The molecule has 4 heterocycles. The van der Waals surface area contributed by atoms with E-state index in [-0.39, 0.29) is 11.8 Å². The summed E-state index contributed by atoms with van der Waals surface area (Å²) in [5.74, 6) is 0.443. The molecule has 2 aliphatic rings. The molecule has 2 aliphatic heterocycles. The quantitative estimate of drug-likeness (QED) is 0.805. The molecule has 0 bridgehead atoms. The van der Waals surface area contributed by atoms with Gasteiger partial charge in [0.15, 0.2) is 0 Å². The maximum Gasteiger partial charge on any atom is 0.265 e. The number of aryl methyl sites for hydroxylation is 1. The highest BCUT2D eigenvalue weighted by molar-refractivity contribution is 7.17. The van der Waals surface area contributed by atoms with Crippen molar-refractivity contribution in [3.8, 4) is 10.6 Å². The fraction of sp³-hybridized carbons (Fsp3) is 0.526. The van der Waals surface area contributed by atoms with E-state index < -0.39 is 0 Å². The van der Waals surface area contributed by atoms with Crippen LogP contribution in [0.1, 0.15) is 41.0 Å². The van der Waals surface area contributed by atoms with Crippen molar-refractivity contribution < 1.29 is 9.59 Å². The number of hydrogen-bond donors (Lipinski definition) is 0. The first-order valence-corrected chi connectivity index (χ1v) is 11.0. The van der Waals surface area contributed by atoms with Gasteiger partial charge in [-0.3, -0.25) is 9.59 Å². The van der Waals surface area contributed by atoms with Crippen molar-refractivity contribution in [3.63, 3.8) is 0 Å². The maximum absolute atomic E-state index is 12.9. The van der Waals surface area contributed by atoms with Gasteiger partial charge in [-0.1, -0.05) is 0 Å². The SMILES string of the molecule is Cc1nc(-c2ccsc2)sc1C(=O)N1CCC(C(=O)N2CCCC2)CC1. The van der Waals surface area contributed by atoms with E-state index in [2.05, 4.69) is 10.4 Å². The van der Waals surface area contributed by atoms with Gasteiger partial charge in [0.2, 0.25) is 5.91 Å². The maximum atomic E-state index is 12.9. The van der Waals surface area contributed by atoms with E-state index in [9.17, 15) is 9.59 Å². The normalized spacial score (nSPS) is 18.5. The second-order valence-corrected chi connectivity index (χ2v) is 8.82. The lowest BCUT2D eigenvalue weighted by molar-refractivity contribution is -0.135. The van der Waals surface area contributed by atoms with Crippen LogP contribution in [0, 0.1) is 12.8 Å². The van der Waals surface area contributed by atoms with Crippen LogP contribution in [0.25, 0.3) is 10.6 Å². The number of carbonyl (C=O) groups excluding carboxylic acids is 2. The molecule has 2 amide bonds. The minimum atomic E-state index is 0.0635. The third-order valence-corrected chi connectivity index (χ3v) is 7.19. The lowest BCUT2D eigenvalue weighted by Gasteiger charge is -2.33. The minimum absolute atomic E-state index is 0.0635. The number of hydrogen-bond acceptors (Lipinski definition) is 5. The molecule has 26 heavy (non-hydrogen) atoms. The molecule has 4 rings (SSSR count). The lowest BCUT2D eigenvalue weighted by Crippen LogP contribution is -2.43. The molecular weight excluding hydrogens is 366 g/mol. The van der Waals surface area contributed by atoms with Crippen molar-refractivity contribution in [3.05, 3.63) is 27.4 Å². The fourth-order valence-electron chi connectivity index (χ4n) is 3.77. The van der Waals surface area contributed by atoms with E-state index >= 15 is 0 Å². The van der Waals surface area contributed by atoms with Gasteiger partial charge in [0, 0.05) is 43.0 Å². The zero-order valence-electron chi connectivity index (χ0n) is 14.9. The van der Waals surface area contributed by atoms with E-state index in [0.29, 0.717) is 19.0 Å². The summed E-state index contributed by atoms with van der Waals surface area (Å²) in [6.07, 6.45) is 3.80. The van der Waals surface area contributed by atoms with Crippen LogP contribution in [0.5, 0.6) is 0 Å². The van der Waals surface area contributed by atoms with E-state index in [0.717, 1.165) is 59.9 Å².